The molecule has 59 heavy (non-hydrogen) atoms. The Kier molecular flexibility index (Phi) is 36.6. The zero-order valence-electron chi connectivity index (χ0n) is 37.0. The number of unbranched alkanes of at least 4 members (excludes halogenated alkanes) is 5. The van der Waals surface area contributed by atoms with Crippen LogP contribution < -0.4 is 0 Å². The molecule has 0 aliphatic rings. The third-order valence-corrected chi connectivity index (χ3v) is 9.38. The number of hydrogen-bond donors (Lipinski definition) is 2. The van der Waals surface area contributed by atoms with Gasteiger partial charge in [0.2, 0.25) is 0 Å². The van der Waals surface area contributed by atoms with Crippen LogP contribution in [-0.4, -0.2) is 86.1 Å². The van der Waals surface area contributed by atoms with Gasteiger partial charge in [-0.1, -0.05) is 142 Å². The van der Waals surface area contributed by atoms with Crippen LogP contribution in [0, 0.1) is 0 Å². The zero-order chi connectivity index (χ0) is 43.7. The maximum absolute atomic E-state index is 12.7. The Hall–Kier alpha value is -3.37. The quantitative estimate of drug-likeness (QED) is 0.0157. The summed E-state index contributed by atoms with van der Waals surface area (Å²) in [7, 11) is 1.37. The Morgan fingerprint density at radius 3 is 1.78 bits per heavy atom. The van der Waals surface area contributed by atoms with Gasteiger partial charge in [-0.2, -0.15) is 0 Å². The second kappa shape index (κ2) is 38.8. The van der Waals surface area contributed by atoms with Crippen molar-refractivity contribution in [1.82, 2.24) is 0 Å². The van der Waals surface area contributed by atoms with Crippen molar-refractivity contribution < 1.29 is 47.2 Å². The normalized spacial score (nSPS) is 15.2. The molecule has 0 bridgehead atoms. The molecule has 0 saturated heterocycles. The lowest BCUT2D eigenvalue weighted by Gasteiger charge is -2.24. The van der Waals surface area contributed by atoms with Crippen LogP contribution in [0.1, 0.15) is 123 Å². The lowest BCUT2D eigenvalue weighted by Crippen LogP contribution is -2.37. The minimum atomic E-state index is -4.42. The second-order valence-corrected chi connectivity index (χ2v) is 16.6. The number of aliphatic hydroxyl groups is 1. The summed E-state index contributed by atoms with van der Waals surface area (Å²) in [6, 6.07) is 0. The van der Waals surface area contributed by atoms with Crippen LogP contribution in [0.25, 0.3) is 0 Å². The first kappa shape index (κ1) is 55.6. The number of phosphoric ester groups is 1. The first-order chi connectivity index (χ1) is 28.4. The fraction of sp³-hybridized carbons (Fsp3) is 0.583. The van der Waals surface area contributed by atoms with Crippen molar-refractivity contribution in [3.8, 4) is 0 Å². The number of phosphoric acid groups is 1. The Bertz CT molecular complexity index is 1380. The molecule has 0 fully saturated rings. The molecule has 0 aliphatic heterocycles. The number of hydrogen-bond acceptors (Lipinski definition) is 8. The van der Waals surface area contributed by atoms with E-state index in [1.807, 2.05) is 63.7 Å². The van der Waals surface area contributed by atoms with Gasteiger partial charge < -0.3 is 24.0 Å². The smallest absolute Gasteiger partial charge is 0.462 e. The van der Waals surface area contributed by atoms with Gasteiger partial charge in [-0.3, -0.25) is 18.6 Å². The van der Waals surface area contributed by atoms with E-state index < -0.39 is 38.6 Å². The predicted octanol–water partition coefficient (Wildman–Crippen LogP) is 11.3. The Balaban J connectivity index is 4.59. The molecule has 0 saturated carbocycles. The summed E-state index contributed by atoms with van der Waals surface area (Å²) in [5.41, 5.74) is 0. The highest BCUT2D eigenvalue weighted by Gasteiger charge is 2.27. The Labute approximate surface area is 358 Å². The number of carbonyl (C=O) groups excluding carboxylic acids is 2. The molecule has 0 aromatic rings. The molecule has 0 aliphatic carbocycles. The van der Waals surface area contributed by atoms with E-state index >= 15 is 0 Å². The number of quaternary nitrogens is 1. The number of carbonyl (C=O) groups is 2. The molecule has 3 atom stereocenters. The Morgan fingerprint density at radius 1 is 0.610 bits per heavy atom. The van der Waals surface area contributed by atoms with Gasteiger partial charge in [-0.15, -0.1) is 0 Å². The zero-order valence-corrected chi connectivity index (χ0v) is 37.9. The van der Waals surface area contributed by atoms with Crippen molar-refractivity contribution in [2.45, 2.75) is 135 Å². The average molecular weight is 845 g/mol. The summed E-state index contributed by atoms with van der Waals surface area (Å²) in [4.78, 5) is 35.3. The van der Waals surface area contributed by atoms with Crippen LogP contribution in [-0.2, 0) is 32.7 Å². The highest BCUT2D eigenvalue weighted by atomic mass is 31.2. The molecule has 2 unspecified atom stereocenters. The number of allylic oxidation sites excluding steroid dienone is 16. The molecule has 0 rings (SSSR count). The van der Waals surface area contributed by atoms with E-state index in [1.54, 1.807) is 6.08 Å². The Morgan fingerprint density at radius 2 is 1.15 bits per heavy atom. The SMILES string of the molecule is CC/C=C\C/C=C\C/C=C\CCCCCCCC(=O)OC[C@H](COP(=O)(O)OCC[N+](C)(C)C)OC(=O)CC/C=C\C/C=C\C/C=C\C/C=C/C=C/C(O)C/C=C\CC. The third kappa shape index (κ3) is 42.6. The van der Waals surface area contributed by atoms with Crippen molar-refractivity contribution in [1.29, 1.82) is 0 Å². The van der Waals surface area contributed by atoms with E-state index in [0.29, 0.717) is 30.3 Å². The van der Waals surface area contributed by atoms with Crippen molar-refractivity contribution in [3.63, 3.8) is 0 Å². The van der Waals surface area contributed by atoms with Gasteiger partial charge >= 0.3 is 19.8 Å². The fourth-order valence-electron chi connectivity index (χ4n) is 5.02. The molecular weight excluding hydrogens is 765 g/mol. The maximum Gasteiger partial charge on any atom is 0.472 e. The van der Waals surface area contributed by atoms with Gasteiger partial charge in [0, 0.05) is 12.8 Å². The number of aliphatic hydroxyl groups excluding tert-OH is 1. The van der Waals surface area contributed by atoms with E-state index in [2.05, 4.69) is 74.6 Å². The van der Waals surface area contributed by atoms with E-state index in [1.165, 1.54) is 0 Å². The topological polar surface area (TPSA) is 129 Å². The molecule has 10 nitrogen and oxygen atoms in total. The van der Waals surface area contributed by atoms with Crippen molar-refractivity contribution in [2.75, 3.05) is 47.5 Å². The lowest BCUT2D eigenvalue weighted by molar-refractivity contribution is -0.870. The standard InChI is InChI=1S/C48H78NO9P/c1-6-8-10-11-12-13-14-15-16-19-22-25-28-31-35-39-47(51)55-43-46(44-57-59(53,54)56-42-41-49(3,4)5)58-48(52)40-36-32-29-26-23-20-17-18-21-24-27-30-34-38-45(50)37-33-9-7-2/h8-10,12-13,15-16,18,20-21,23,27,29-30,32-34,38,45-46,50H,6-7,11,14,17,19,22,24-26,28,31,35-37,39-44H2,1-5H3/p+1/b10-8-,13-12-,16-15-,21-18-,23-20-,30-27+,32-29-,33-9-,38-34+/t45?,46-/m1/s1. The first-order valence-electron chi connectivity index (χ1n) is 21.7. The van der Waals surface area contributed by atoms with Crippen LogP contribution in [0.15, 0.2) is 109 Å². The molecule has 0 spiro atoms. The van der Waals surface area contributed by atoms with Crippen LogP contribution in [0.4, 0.5) is 0 Å². The largest absolute Gasteiger partial charge is 0.472 e. The van der Waals surface area contributed by atoms with E-state index in [9.17, 15) is 24.2 Å². The van der Waals surface area contributed by atoms with Gasteiger partial charge in [0.1, 0.15) is 19.8 Å². The summed E-state index contributed by atoms with van der Waals surface area (Å²) >= 11 is 0. The summed E-state index contributed by atoms with van der Waals surface area (Å²) in [5, 5.41) is 9.85. The average Bonchev–Trinajstić information content (AvgIpc) is 3.18. The minimum Gasteiger partial charge on any atom is -0.462 e. The molecule has 334 valence electrons. The lowest BCUT2D eigenvalue weighted by atomic mass is 10.1. The molecule has 0 radical (unpaired) electrons. The van der Waals surface area contributed by atoms with Crippen LogP contribution in [0.2, 0.25) is 0 Å². The second-order valence-electron chi connectivity index (χ2n) is 15.2. The van der Waals surface area contributed by atoms with Crippen molar-refractivity contribution >= 4 is 19.8 Å². The third-order valence-electron chi connectivity index (χ3n) is 8.39. The number of rotatable bonds is 37. The molecule has 2 N–H and O–H groups in total. The molecule has 0 amide bonds. The highest BCUT2D eigenvalue weighted by Crippen LogP contribution is 2.43. The van der Waals surface area contributed by atoms with E-state index in [-0.39, 0.29) is 26.1 Å². The number of nitrogens with zero attached hydrogens (tertiary/aromatic N) is 1. The summed E-state index contributed by atoms with van der Waals surface area (Å²) in [6.07, 6.45) is 49.1. The molecule has 11 heteroatoms. The molecule has 0 aromatic heterocycles. The number of ether oxygens (including phenoxy) is 2. The van der Waals surface area contributed by atoms with E-state index in [0.717, 1.165) is 77.0 Å². The van der Waals surface area contributed by atoms with Crippen LogP contribution in [0.5, 0.6) is 0 Å². The fourth-order valence-corrected chi connectivity index (χ4v) is 5.76. The minimum absolute atomic E-state index is 0.00126. The van der Waals surface area contributed by atoms with E-state index in [4.69, 9.17) is 18.5 Å². The van der Waals surface area contributed by atoms with Gasteiger partial charge in [0.15, 0.2) is 6.10 Å². The van der Waals surface area contributed by atoms with Crippen LogP contribution in [0.3, 0.4) is 0 Å². The van der Waals surface area contributed by atoms with Crippen molar-refractivity contribution in [3.05, 3.63) is 109 Å². The molecular formula is C48H79NO9P+. The number of esters is 2. The highest BCUT2D eigenvalue weighted by molar-refractivity contribution is 7.47. The summed E-state index contributed by atoms with van der Waals surface area (Å²) < 4.78 is 34.1. The van der Waals surface area contributed by atoms with Gasteiger partial charge in [-0.25, -0.2) is 4.57 Å². The monoisotopic (exact) mass is 845 g/mol. The summed E-state index contributed by atoms with van der Waals surface area (Å²) in [5.74, 6) is -0.951. The van der Waals surface area contributed by atoms with Gasteiger partial charge in [-0.05, 0) is 77.0 Å². The predicted molar refractivity (Wildman–Crippen MR) is 244 cm³/mol. The number of likely N-dealkylation sites (N-methyl/N-ethyl adjacent to an activating group) is 1. The maximum atomic E-state index is 12.7. The van der Waals surface area contributed by atoms with Gasteiger partial charge in [0.25, 0.3) is 0 Å². The van der Waals surface area contributed by atoms with Crippen LogP contribution >= 0.6 is 7.82 Å². The first-order valence-corrected chi connectivity index (χ1v) is 23.2. The van der Waals surface area contributed by atoms with Gasteiger partial charge in [0.05, 0.1) is 33.9 Å². The molecule has 0 aromatic carbocycles. The summed E-state index contributed by atoms with van der Waals surface area (Å²) in [6.45, 7) is 3.94. The molecule has 0 heterocycles. The van der Waals surface area contributed by atoms with Crippen molar-refractivity contribution in [2.24, 2.45) is 0 Å².